The third-order valence-corrected chi connectivity index (χ3v) is 3.21. The molecule has 0 spiro atoms. The van der Waals surface area contributed by atoms with Crippen LogP contribution >= 0.6 is 0 Å². The first-order valence-electron chi connectivity index (χ1n) is 6.49. The topological polar surface area (TPSA) is 122 Å². The molecule has 1 unspecified atom stereocenters. The van der Waals surface area contributed by atoms with Gasteiger partial charge in [0.25, 0.3) is 0 Å². The lowest BCUT2D eigenvalue weighted by molar-refractivity contribution is -0.141. The van der Waals surface area contributed by atoms with Gasteiger partial charge in [-0.25, -0.2) is 9.59 Å². The zero-order valence-electron chi connectivity index (χ0n) is 11.5. The number of hydrogen-bond acceptors (Lipinski definition) is 4. The van der Waals surface area contributed by atoms with Crippen LogP contribution in [0.5, 0.6) is 0 Å². The van der Waals surface area contributed by atoms with Gasteiger partial charge in [0.05, 0.1) is 13.0 Å². The number of carboxylic acids is 1. The van der Waals surface area contributed by atoms with Crippen molar-refractivity contribution in [1.82, 2.24) is 10.2 Å². The van der Waals surface area contributed by atoms with E-state index in [0.29, 0.717) is 19.7 Å². The molecule has 8 heteroatoms. The van der Waals surface area contributed by atoms with E-state index in [-0.39, 0.29) is 5.92 Å². The maximum absolute atomic E-state index is 12.0. The van der Waals surface area contributed by atoms with Crippen LogP contribution < -0.4 is 11.1 Å². The molecule has 1 aliphatic heterocycles. The Morgan fingerprint density at radius 3 is 2.75 bits per heavy atom. The lowest BCUT2D eigenvalue weighted by Gasteiger charge is -2.33. The number of carbonyl (C=O) groups is 3. The highest BCUT2D eigenvalue weighted by Gasteiger charge is 2.28. The highest BCUT2D eigenvalue weighted by atomic mass is 16.5. The number of aliphatic carboxylic acids is 1. The van der Waals surface area contributed by atoms with Crippen molar-refractivity contribution in [2.24, 2.45) is 11.7 Å². The van der Waals surface area contributed by atoms with Gasteiger partial charge in [-0.1, -0.05) is 0 Å². The van der Waals surface area contributed by atoms with Gasteiger partial charge >= 0.3 is 12.0 Å². The number of nitrogens with two attached hydrogens (primary N) is 1. The number of methoxy groups -OCH3 is 1. The summed E-state index contributed by atoms with van der Waals surface area (Å²) in [4.78, 5) is 35.3. The number of carboxylic acid groups (broad SMARTS) is 1. The summed E-state index contributed by atoms with van der Waals surface area (Å²) in [6, 6.07) is -1.78. The first kappa shape index (κ1) is 16.2. The Bertz CT molecular complexity index is 372. The third-order valence-electron chi connectivity index (χ3n) is 3.21. The lowest BCUT2D eigenvalue weighted by Crippen LogP contribution is -2.52. The predicted octanol–water partition coefficient (Wildman–Crippen LogP) is -0.617. The molecule has 0 aromatic carbocycles. The minimum Gasteiger partial charge on any atom is -0.480 e. The summed E-state index contributed by atoms with van der Waals surface area (Å²) in [5, 5.41) is 11.3. The molecular weight excluding hydrogens is 266 g/mol. The number of rotatable bonds is 6. The molecule has 0 bridgehead atoms. The van der Waals surface area contributed by atoms with E-state index in [1.165, 1.54) is 0 Å². The normalized spacial score (nSPS) is 20.2. The van der Waals surface area contributed by atoms with Gasteiger partial charge in [0.1, 0.15) is 6.04 Å². The standard InChI is InChI=1S/C12H21N3O5/c1-20-7-8-3-2-4-15(6-8)12(19)14-9(11(17)18)5-10(13)16/h8-9H,2-7H2,1H3,(H2,13,16)(H,14,19)(H,17,18)/t8?,9-/m1/s1. The molecule has 0 aromatic rings. The molecule has 114 valence electrons. The van der Waals surface area contributed by atoms with Gasteiger partial charge < -0.3 is 25.8 Å². The number of primary amides is 1. The van der Waals surface area contributed by atoms with Crippen LogP contribution in [0.3, 0.4) is 0 Å². The Morgan fingerprint density at radius 2 is 2.20 bits per heavy atom. The molecule has 0 saturated carbocycles. The van der Waals surface area contributed by atoms with Gasteiger partial charge in [0, 0.05) is 26.1 Å². The molecule has 2 atom stereocenters. The van der Waals surface area contributed by atoms with E-state index in [1.807, 2.05) is 0 Å². The van der Waals surface area contributed by atoms with Crippen LogP contribution in [0.1, 0.15) is 19.3 Å². The summed E-state index contributed by atoms with van der Waals surface area (Å²) >= 11 is 0. The zero-order chi connectivity index (χ0) is 15.1. The Labute approximate surface area is 117 Å². The van der Waals surface area contributed by atoms with Crippen molar-refractivity contribution in [3.8, 4) is 0 Å². The molecule has 1 rings (SSSR count). The number of urea groups is 1. The molecule has 0 aliphatic carbocycles. The lowest BCUT2D eigenvalue weighted by atomic mass is 9.99. The maximum atomic E-state index is 12.0. The van der Waals surface area contributed by atoms with Gasteiger partial charge in [-0.05, 0) is 12.8 Å². The predicted molar refractivity (Wildman–Crippen MR) is 69.9 cm³/mol. The molecule has 1 heterocycles. The summed E-state index contributed by atoms with van der Waals surface area (Å²) in [6.07, 6.45) is 1.40. The van der Waals surface area contributed by atoms with Gasteiger partial charge in [0.2, 0.25) is 5.91 Å². The Morgan fingerprint density at radius 1 is 1.50 bits per heavy atom. The second-order valence-corrected chi connectivity index (χ2v) is 4.92. The molecule has 3 amide bonds. The Hall–Kier alpha value is -1.83. The minimum absolute atomic E-state index is 0.249. The summed E-state index contributed by atoms with van der Waals surface area (Å²) in [7, 11) is 1.60. The number of nitrogens with one attached hydrogen (secondary N) is 1. The molecule has 0 radical (unpaired) electrons. The zero-order valence-corrected chi connectivity index (χ0v) is 11.5. The Balaban J connectivity index is 2.55. The summed E-state index contributed by atoms with van der Waals surface area (Å²) in [5.41, 5.74) is 4.96. The largest absolute Gasteiger partial charge is 0.480 e. The van der Waals surface area contributed by atoms with E-state index in [2.05, 4.69) is 5.32 Å². The van der Waals surface area contributed by atoms with E-state index < -0.39 is 30.4 Å². The number of ether oxygens (including phenoxy) is 1. The van der Waals surface area contributed by atoms with Crippen molar-refractivity contribution >= 4 is 17.9 Å². The number of carbonyl (C=O) groups excluding carboxylic acids is 2. The number of hydrogen-bond donors (Lipinski definition) is 3. The monoisotopic (exact) mass is 287 g/mol. The highest BCUT2D eigenvalue weighted by Crippen LogP contribution is 2.16. The molecule has 0 aromatic heterocycles. The number of likely N-dealkylation sites (tertiary alicyclic amines) is 1. The number of amides is 3. The van der Waals surface area contributed by atoms with Crippen LogP contribution in [0.25, 0.3) is 0 Å². The van der Waals surface area contributed by atoms with E-state index >= 15 is 0 Å². The summed E-state index contributed by atoms with van der Waals surface area (Å²) in [5.74, 6) is -1.80. The summed E-state index contributed by atoms with van der Waals surface area (Å²) < 4.78 is 5.07. The fraction of sp³-hybridized carbons (Fsp3) is 0.750. The smallest absolute Gasteiger partial charge is 0.326 e. The molecule has 1 saturated heterocycles. The minimum atomic E-state index is -1.29. The first-order valence-corrected chi connectivity index (χ1v) is 6.49. The van der Waals surface area contributed by atoms with Gasteiger partial charge in [-0.2, -0.15) is 0 Å². The SMILES string of the molecule is COCC1CCCN(C(=O)N[C@H](CC(N)=O)C(=O)O)C1. The van der Waals surface area contributed by atoms with Crippen LogP contribution in [0.4, 0.5) is 4.79 Å². The average Bonchev–Trinajstić information content (AvgIpc) is 2.38. The van der Waals surface area contributed by atoms with Crippen molar-refractivity contribution in [2.45, 2.75) is 25.3 Å². The number of nitrogens with zero attached hydrogens (tertiary/aromatic N) is 1. The van der Waals surface area contributed by atoms with Crippen LogP contribution in [-0.2, 0) is 14.3 Å². The third kappa shape index (κ3) is 5.04. The second kappa shape index (κ2) is 7.68. The molecule has 8 nitrogen and oxygen atoms in total. The van der Waals surface area contributed by atoms with E-state index in [9.17, 15) is 14.4 Å². The highest BCUT2D eigenvalue weighted by molar-refractivity contribution is 5.87. The van der Waals surface area contributed by atoms with Gasteiger partial charge in [-0.3, -0.25) is 4.79 Å². The Kier molecular flexibility index (Phi) is 6.23. The second-order valence-electron chi connectivity index (χ2n) is 4.92. The quantitative estimate of drug-likeness (QED) is 0.601. The average molecular weight is 287 g/mol. The van der Waals surface area contributed by atoms with Crippen LogP contribution in [-0.4, -0.2) is 60.8 Å². The van der Waals surface area contributed by atoms with E-state index in [1.54, 1.807) is 12.0 Å². The van der Waals surface area contributed by atoms with Crippen molar-refractivity contribution in [3.05, 3.63) is 0 Å². The van der Waals surface area contributed by atoms with E-state index in [4.69, 9.17) is 15.6 Å². The van der Waals surface area contributed by atoms with E-state index in [0.717, 1.165) is 12.8 Å². The fourth-order valence-electron chi connectivity index (χ4n) is 2.26. The van der Waals surface area contributed by atoms with Crippen molar-refractivity contribution in [3.63, 3.8) is 0 Å². The molecule has 4 N–H and O–H groups in total. The van der Waals surface area contributed by atoms with Gasteiger partial charge in [-0.15, -0.1) is 0 Å². The molecular formula is C12H21N3O5. The molecule has 1 aliphatic rings. The van der Waals surface area contributed by atoms with Crippen LogP contribution in [0.15, 0.2) is 0 Å². The summed E-state index contributed by atoms with van der Waals surface area (Å²) in [6.45, 7) is 1.64. The fourth-order valence-corrected chi connectivity index (χ4v) is 2.26. The molecule has 1 fully saturated rings. The van der Waals surface area contributed by atoms with Crippen LogP contribution in [0.2, 0.25) is 0 Å². The molecule has 20 heavy (non-hydrogen) atoms. The first-order chi connectivity index (χ1) is 9.43. The van der Waals surface area contributed by atoms with Gasteiger partial charge in [0.15, 0.2) is 0 Å². The van der Waals surface area contributed by atoms with Crippen molar-refractivity contribution in [1.29, 1.82) is 0 Å². The maximum Gasteiger partial charge on any atom is 0.326 e. The van der Waals surface area contributed by atoms with Crippen molar-refractivity contribution < 1.29 is 24.2 Å². The van der Waals surface area contributed by atoms with Crippen molar-refractivity contribution in [2.75, 3.05) is 26.8 Å². The number of piperidine rings is 1. The van der Waals surface area contributed by atoms with Crippen LogP contribution in [0, 0.1) is 5.92 Å².